The molecule has 7 heteroatoms. The molecule has 3 heterocycles. The normalized spacial score (nSPS) is 20.4. The molecular formula is C20H24N5O2+. The molecule has 1 fully saturated rings. The Labute approximate surface area is 158 Å². The topological polar surface area (TPSA) is 82.0 Å². The molecule has 0 unspecified atom stereocenters. The van der Waals surface area contributed by atoms with E-state index in [0.717, 1.165) is 16.5 Å². The van der Waals surface area contributed by atoms with Crippen molar-refractivity contribution >= 4 is 22.7 Å². The van der Waals surface area contributed by atoms with Crippen molar-refractivity contribution in [3.8, 4) is 5.88 Å². The molecule has 0 saturated carbocycles. The van der Waals surface area contributed by atoms with Gasteiger partial charge in [0.1, 0.15) is 13.2 Å². The Morgan fingerprint density at radius 2 is 2.11 bits per heavy atom. The number of aromatic nitrogens is 2. The van der Waals surface area contributed by atoms with Crippen LogP contribution in [0.2, 0.25) is 0 Å². The lowest BCUT2D eigenvalue weighted by molar-refractivity contribution is -0.897. The van der Waals surface area contributed by atoms with Crippen molar-refractivity contribution < 1.29 is 14.0 Å². The molecule has 2 aromatic heterocycles. The maximum absolute atomic E-state index is 11.5. The van der Waals surface area contributed by atoms with Gasteiger partial charge in [0, 0.05) is 25.1 Å². The standard InChI is InChI=1S/C20H23N5O2/c1-25(10-4-5-11-25)12-13-27-20-19(18-6-2-3-9-24(18)23-20)22-17-8-7-15(26)14-16(17)21/h2-3,6-9,14H,4-5,10-13H2,1H3,(H-,21,26)/p+1/b22-17+. The monoisotopic (exact) mass is 366 g/mol. The largest absolute Gasteiger partial charge is 0.469 e. The van der Waals surface area contributed by atoms with Crippen LogP contribution in [0.15, 0.2) is 53.3 Å². The highest BCUT2D eigenvalue weighted by molar-refractivity contribution is 6.20. The highest BCUT2D eigenvalue weighted by atomic mass is 16.5. The predicted octanol–water partition coefficient (Wildman–Crippen LogP) is 2.01. The maximum Gasteiger partial charge on any atom is 0.260 e. The van der Waals surface area contributed by atoms with E-state index in [2.05, 4.69) is 17.1 Å². The lowest BCUT2D eigenvalue weighted by Gasteiger charge is -2.28. The molecule has 27 heavy (non-hydrogen) atoms. The smallest absolute Gasteiger partial charge is 0.260 e. The predicted molar refractivity (Wildman–Crippen MR) is 104 cm³/mol. The van der Waals surface area contributed by atoms with Gasteiger partial charge in [-0.15, -0.1) is 5.10 Å². The third kappa shape index (κ3) is 3.64. The molecule has 4 rings (SSSR count). The van der Waals surface area contributed by atoms with Gasteiger partial charge in [-0.25, -0.2) is 9.51 Å². The van der Waals surface area contributed by atoms with E-state index < -0.39 is 0 Å². The van der Waals surface area contributed by atoms with E-state index in [-0.39, 0.29) is 5.78 Å². The third-order valence-electron chi connectivity index (χ3n) is 5.23. The average Bonchev–Trinajstić information content (AvgIpc) is 3.22. The van der Waals surface area contributed by atoms with Gasteiger partial charge >= 0.3 is 0 Å². The van der Waals surface area contributed by atoms with Crippen LogP contribution < -0.4 is 10.5 Å². The van der Waals surface area contributed by atoms with Crippen molar-refractivity contribution in [2.75, 3.05) is 33.3 Å². The van der Waals surface area contributed by atoms with Crippen LogP contribution in [0.25, 0.3) is 5.52 Å². The second-order valence-corrected chi connectivity index (χ2v) is 7.36. The number of aliphatic imine (C=N–C) groups is 1. The first-order chi connectivity index (χ1) is 13.0. The molecule has 1 aliphatic carbocycles. The van der Waals surface area contributed by atoms with Gasteiger partial charge in [-0.2, -0.15) is 0 Å². The van der Waals surface area contributed by atoms with Crippen molar-refractivity contribution in [3.05, 3.63) is 48.3 Å². The second kappa shape index (κ2) is 7.00. The van der Waals surface area contributed by atoms with E-state index in [4.69, 9.17) is 10.5 Å². The Morgan fingerprint density at radius 3 is 2.89 bits per heavy atom. The molecular weight excluding hydrogens is 342 g/mol. The zero-order valence-electron chi connectivity index (χ0n) is 15.5. The molecule has 7 nitrogen and oxygen atoms in total. The number of likely N-dealkylation sites (N-methyl/N-ethyl adjacent to an activating group) is 1. The first kappa shape index (κ1) is 17.5. The minimum atomic E-state index is -0.134. The number of carbonyl (C=O) groups excluding carboxylic acids is 1. The molecule has 2 N–H and O–H groups in total. The summed E-state index contributed by atoms with van der Waals surface area (Å²) in [5.41, 5.74) is 8.32. The van der Waals surface area contributed by atoms with Crippen LogP contribution in [-0.2, 0) is 4.79 Å². The van der Waals surface area contributed by atoms with Gasteiger partial charge in [0.05, 0.1) is 37.1 Å². The van der Waals surface area contributed by atoms with Gasteiger partial charge in [0.15, 0.2) is 11.5 Å². The van der Waals surface area contributed by atoms with Crippen LogP contribution in [0, 0.1) is 0 Å². The van der Waals surface area contributed by atoms with E-state index in [1.807, 2.05) is 24.4 Å². The van der Waals surface area contributed by atoms with E-state index >= 15 is 0 Å². The zero-order chi connectivity index (χ0) is 18.9. The van der Waals surface area contributed by atoms with Crippen LogP contribution in [0.3, 0.4) is 0 Å². The van der Waals surface area contributed by atoms with Crippen LogP contribution in [-0.4, -0.2) is 58.9 Å². The molecule has 0 radical (unpaired) electrons. The van der Waals surface area contributed by atoms with Crippen LogP contribution >= 0.6 is 0 Å². The van der Waals surface area contributed by atoms with Crippen molar-refractivity contribution in [2.45, 2.75) is 12.8 Å². The maximum atomic E-state index is 11.5. The summed E-state index contributed by atoms with van der Waals surface area (Å²) in [7, 11) is 2.27. The van der Waals surface area contributed by atoms with Gasteiger partial charge in [-0.05, 0) is 24.3 Å². The highest BCUT2D eigenvalue weighted by Crippen LogP contribution is 2.32. The molecule has 2 aliphatic rings. The Kier molecular flexibility index (Phi) is 4.53. The molecule has 0 aromatic carbocycles. The van der Waals surface area contributed by atoms with Gasteiger partial charge in [0.2, 0.25) is 0 Å². The summed E-state index contributed by atoms with van der Waals surface area (Å²) in [5, 5.41) is 4.53. The van der Waals surface area contributed by atoms with E-state index in [9.17, 15) is 4.79 Å². The van der Waals surface area contributed by atoms with Crippen LogP contribution in [0.4, 0.5) is 5.69 Å². The minimum absolute atomic E-state index is 0.134. The number of ether oxygens (including phenoxy) is 1. The zero-order valence-corrected chi connectivity index (χ0v) is 15.5. The Morgan fingerprint density at radius 1 is 1.30 bits per heavy atom. The van der Waals surface area contributed by atoms with E-state index in [0.29, 0.717) is 29.6 Å². The summed E-state index contributed by atoms with van der Waals surface area (Å²) < 4.78 is 8.83. The summed E-state index contributed by atoms with van der Waals surface area (Å²) in [5.74, 6) is 0.350. The number of allylic oxidation sites excluding steroid dienone is 3. The Hall–Kier alpha value is -2.93. The average molecular weight is 366 g/mol. The Bertz CT molecular complexity index is 964. The number of carbonyl (C=O) groups is 1. The fraction of sp³-hybridized carbons (Fsp3) is 0.350. The van der Waals surface area contributed by atoms with Crippen molar-refractivity contribution in [1.82, 2.24) is 9.61 Å². The molecule has 1 aliphatic heterocycles. The number of nitrogens with zero attached hydrogens (tertiary/aromatic N) is 4. The van der Waals surface area contributed by atoms with Crippen molar-refractivity contribution in [1.29, 1.82) is 0 Å². The quantitative estimate of drug-likeness (QED) is 0.648. The SMILES string of the molecule is C[N+]1(CCOc2nn3ccccc3c2/N=C2\C=CC(=O)C=C2N)CCCC1. The molecule has 0 amide bonds. The van der Waals surface area contributed by atoms with Crippen LogP contribution in [0.1, 0.15) is 12.8 Å². The molecule has 0 bridgehead atoms. The van der Waals surface area contributed by atoms with Gasteiger partial charge < -0.3 is 15.0 Å². The molecule has 0 atom stereocenters. The number of rotatable bonds is 5. The second-order valence-electron chi connectivity index (χ2n) is 7.36. The van der Waals surface area contributed by atoms with E-state index in [1.165, 1.54) is 38.1 Å². The molecule has 1 saturated heterocycles. The fourth-order valence-corrected chi connectivity index (χ4v) is 3.61. The summed E-state index contributed by atoms with van der Waals surface area (Å²) in [6, 6.07) is 5.77. The van der Waals surface area contributed by atoms with E-state index in [1.54, 1.807) is 10.6 Å². The Balaban J connectivity index is 1.62. The number of hydrogen-bond donors (Lipinski definition) is 1. The number of likely N-dealkylation sites (tertiary alicyclic amines) is 1. The first-order valence-corrected chi connectivity index (χ1v) is 9.26. The summed E-state index contributed by atoms with van der Waals surface area (Å²) in [6.45, 7) is 3.92. The van der Waals surface area contributed by atoms with Gasteiger partial charge in [0.25, 0.3) is 5.88 Å². The van der Waals surface area contributed by atoms with Crippen LogP contribution in [0.5, 0.6) is 5.88 Å². The van der Waals surface area contributed by atoms with Crippen molar-refractivity contribution in [3.63, 3.8) is 0 Å². The first-order valence-electron chi connectivity index (χ1n) is 9.26. The lowest BCUT2D eigenvalue weighted by Crippen LogP contribution is -2.43. The molecule has 2 aromatic rings. The van der Waals surface area contributed by atoms with Gasteiger partial charge in [-0.1, -0.05) is 6.07 Å². The number of hydrogen-bond acceptors (Lipinski definition) is 5. The summed E-state index contributed by atoms with van der Waals surface area (Å²) in [4.78, 5) is 16.1. The third-order valence-corrected chi connectivity index (χ3v) is 5.23. The van der Waals surface area contributed by atoms with Crippen molar-refractivity contribution in [2.24, 2.45) is 10.7 Å². The molecule has 0 spiro atoms. The highest BCUT2D eigenvalue weighted by Gasteiger charge is 2.27. The summed E-state index contributed by atoms with van der Waals surface area (Å²) >= 11 is 0. The number of quaternary nitrogens is 1. The summed E-state index contributed by atoms with van der Waals surface area (Å²) in [6.07, 6.45) is 8.88. The number of pyridine rings is 1. The number of nitrogens with two attached hydrogens (primary N) is 1. The molecule has 140 valence electrons. The number of fused-ring (bicyclic) bond motifs is 1. The van der Waals surface area contributed by atoms with Gasteiger partial charge in [-0.3, -0.25) is 4.79 Å². The lowest BCUT2D eigenvalue weighted by atomic mass is 10.1. The number of ketones is 1. The minimum Gasteiger partial charge on any atom is -0.469 e. The fourth-order valence-electron chi connectivity index (χ4n) is 3.61.